The number of ether oxygens (including phenoxy) is 1. The van der Waals surface area contributed by atoms with Crippen LogP contribution < -0.4 is 4.74 Å². The molecule has 0 N–H and O–H groups in total. The average Bonchev–Trinajstić information content (AvgIpc) is 2.14. The van der Waals surface area contributed by atoms with Gasteiger partial charge in [0.15, 0.2) is 5.69 Å². The molecule has 10 heteroatoms. The van der Waals surface area contributed by atoms with Gasteiger partial charge in [-0.15, -0.1) is 13.2 Å². The Labute approximate surface area is 90.0 Å². The first-order chi connectivity index (χ1) is 7.72. The van der Waals surface area contributed by atoms with Crippen molar-refractivity contribution in [1.29, 1.82) is 0 Å². The summed E-state index contributed by atoms with van der Waals surface area (Å²) in [5.74, 6) is -1.33. The van der Waals surface area contributed by atoms with Gasteiger partial charge < -0.3 is 4.74 Å². The highest BCUT2D eigenvalue weighted by atomic mass is 19.4. The zero-order valence-corrected chi connectivity index (χ0v) is 7.74. The molecule has 0 fully saturated rings. The SMILES string of the molecule is O=[N+]([O-])c1c(OC(F)(F)F)ccnc1C(F)F. The van der Waals surface area contributed by atoms with Gasteiger partial charge in [-0.25, -0.2) is 13.8 Å². The van der Waals surface area contributed by atoms with Crippen molar-refractivity contribution in [3.8, 4) is 5.75 Å². The fourth-order valence-corrected chi connectivity index (χ4v) is 1.00. The molecule has 0 radical (unpaired) electrons. The second-order valence-corrected chi connectivity index (χ2v) is 2.65. The Hall–Kier alpha value is -2.00. The molecule has 0 saturated heterocycles. The number of hydrogen-bond donors (Lipinski definition) is 0. The molecule has 1 aromatic rings. The number of halogens is 5. The van der Waals surface area contributed by atoms with E-state index in [4.69, 9.17) is 0 Å². The van der Waals surface area contributed by atoms with E-state index >= 15 is 0 Å². The lowest BCUT2D eigenvalue weighted by Crippen LogP contribution is -2.18. The van der Waals surface area contributed by atoms with Crippen molar-refractivity contribution in [2.45, 2.75) is 12.8 Å². The van der Waals surface area contributed by atoms with Crippen molar-refractivity contribution < 1.29 is 31.6 Å². The minimum absolute atomic E-state index is 0.484. The molecule has 0 aliphatic heterocycles. The molecule has 1 heterocycles. The fraction of sp³-hybridized carbons (Fsp3) is 0.286. The Morgan fingerprint density at radius 3 is 2.41 bits per heavy atom. The minimum Gasteiger partial charge on any atom is -0.398 e. The summed E-state index contributed by atoms with van der Waals surface area (Å²) >= 11 is 0. The summed E-state index contributed by atoms with van der Waals surface area (Å²) in [5.41, 5.74) is -2.88. The maximum absolute atomic E-state index is 12.3. The fourth-order valence-electron chi connectivity index (χ4n) is 1.00. The maximum atomic E-state index is 12.3. The van der Waals surface area contributed by atoms with Crippen molar-refractivity contribution in [2.75, 3.05) is 0 Å². The van der Waals surface area contributed by atoms with Gasteiger partial charge in [0.1, 0.15) is 0 Å². The Balaban J connectivity index is 3.30. The van der Waals surface area contributed by atoms with E-state index in [1.807, 2.05) is 0 Å². The highest BCUT2D eigenvalue weighted by Gasteiger charge is 2.37. The highest BCUT2D eigenvalue weighted by Crippen LogP contribution is 2.37. The van der Waals surface area contributed by atoms with Gasteiger partial charge in [0.2, 0.25) is 5.75 Å². The van der Waals surface area contributed by atoms with Crippen molar-refractivity contribution in [3.63, 3.8) is 0 Å². The van der Waals surface area contributed by atoms with E-state index in [0.29, 0.717) is 12.3 Å². The van der Waals surface area contributed by atoms with E-state index in [-0.39, 0.29) is 0 Å². The van der Waals surface area contributed by atoms with Crippen molar-refractivity contribution in [2.24, 2.45) is 0 Å². The lowest BCUT2D eigenvalue weighted by atomic mass is 10.3. The molecule has 0 saturated carbocycles. The molecule has 0 unspecified atom stereocenters. The Kier molecular flexibility index (Phi) is 3.44. The molecule has 0 aliphatic carbocycles. The third-order valence-corrected chi connectivity index (χ3v) is 1.53. The normalized spacial score (nSPS) is 11.6. The van der Waals surface area contributed by atoms with Gasteiger partial charge in [-0.05, 0) is 0 Å². The molecule has 0 spiro atoms. The summed E-state index contributed by atoms with van der Waals surface area (Å²) < 4.78 is 63.5. The monoisotopic (exact) mass is 258 g/mol. The maximum Gasteiger partial charge on any atom is 0.573 e. The first-order valence-corrected chi connectivity index (χ1v) is 3.89. The van der Waals surface area contributed by atoms with Gasteiger partial charge in [0.25, 0.3) is 6.43 Å². The summed E-state index contributed by atoms with van der Waals surface area (Å²) in [6.07, 6.45) is -8.03. The quantitative estimate of drug-likeness (QED) is 0.475. The molecule has 0 amide bonds. The summed E-state index contributed by atoms with van der Waals surface area (Å²) in [6, 6.07) is 0.484. The Morgan fingerprint density at radius 2 is 2.00 bits per heavy atom. The van der Waals surface area contributed by atoms with E-state index < -0.39 is 34.8 Å². The zero-order valence-electron chi connectivity index (χ0n) is 7.74. The molecule has 1 rings (SSSR count). The van der Waals surface area contributed by atoms with E-state index in [0.717, 1.165) is 0 Å². The third-order valence-electron chi connectivity index (χ3n) is 1.53. The number of alkyl halides is 5. The van der Waals surface area contributed by atoms with Crippen LogP contribution in [0.15, 0.2) is 12.3 Å². The highest BCUT2D eigenvalue weighted by molar-refractivity contribution is 5.49. The molecule has 0 bridgehead atoms. The topological polar surface area (TPSA) is 65.3 Å². The summed E-state index contributed by atoms with van der Waals surface area (Å²) in [5, 5.41) is 10.4. The van der Waals surface area contributed by atoms with Crippen molar-refractivity contribution in [1.82, 2.24) is 4.98 Å². The minimum atomic E-state index is -5.22. The van der Waals surface area contributed by atoms with Gasteiger partial charge >= 0.3 is 12.0 Å². The van der Waals surface area contributed by atoms with E-state index in [9.17, 15) is 32.1 Å². The predicted molar refractivity (Wildman–Crippen MR) is 42.5 cm³/mol. The molecule has 0 aliphatic rings. The first-order valence-electron chi connectivity index (χ1n) is 3.89. The summed E-state index contributed by atoms with van der Waals surface area (Å²) in [4.78, 5) is 12.0. The van der Waals surface area contributed by atoms with Crippen LogP contribution >= 0.6 is 0 Å². The van der Waals surface area contributed by atoms with Crippen molar-refractivity contribution >= 4 is 5.69 Å². The third kappa shape index (κ3) is 3.23. The van der Waals surface area contributed by atoms with E-state index in [1.165, 1.54) is 0 Å². The molecular weight excluding hydrogens is 255 g/mol. The number of hydrogen-bond acceptors (Lipinski definition) is 4. The number of nitro groups is 1. The van der Waals surface area contributed by atoms with Gasteiger partial charge in [-0.1, -0.05) is 0 Å². The second kappa shape index (κ2) is 4.47. The largest absolute Gasteiger partial charge is 0.573 e. The number of rotatable bonds is 3. The van der Waals surface area contributed by atoms with Crippen LogP contribution in [0.4, 0.5) is 27.6 Å². The van der Waals surface area contributed by atoms with Crippen LogP contribution in [0.3, 0.4) is 0 Å². The van der Waals surface area contributed by atoms with Gasteiger partial charge in [0, 0.05) is 12.3 Å². The number of nitrogens with zero attached hydrogens (tertiary/aromatic N) is 2. The first kappa shape index (κ1) is 13.1. The summed E-state index contributed by atoms with van der Waals surface area (Å²) in [6.45, 7) is 0. The van der Waals surface area contributed by atoms with Gasteiger partial charge in [-0.2, -0.15) is 0 Å². The summed E-state index contributed by atoms with van der Waals surface area (Å²) in [7, 11) is 0. The molecule has 5 nitrogen and oxygen atoms in total. The van der Waals surface area contributed by atoms with Gasteiger partial charge in [-0.3, -0.25) is 10.1 Å². The van der Waals surface area contributed by atoms with E-state index in [1.54, 1.807) is 0 Å². The van der Waals surface area contributed by atoms with Crippen LogP contribution in [-0.4, -0.2) is 16.3 Å². The lowest BCUT2D eigenvalue weighted by molar-refractivity contribution is -0.390. The van der Waals surface area contributed by atoms with Crippen LogP contribution in [-0.2, 0) is 0 Å². The molecule has 17 heavy (non-hydrogen) atoms. The van der Waals surface area contributed by atoms with Crippen LogP contribution in [0.1, 0.15) is 12.1 Å². The molecule has 1 aromatic heterocycles. The van der Waals surface area contributed by atoms with Gasteiger partial charge in [0.05, 0.1) is 4.92 Å². The number of aromatic nitrogens is 1. The smallest absolute Gasteiger partial charge is 0.398 e. The van der Waals surface area contributed by atoms with Crippen molar-refractivity contribution in [3.05, 3.63) is 28.1 Å². The van der Waals surface area contributed by atoms with Crippen LogP contribution in [0, 0.1) is 10.1 Å². The van der Waals surface area contributed by atoms with Crippen LogP contribution in [0.2, 0.25) is 0 Å². The van der Waals surface area contributed by atoms with E-state index in [2.05, 4.69) is 9.72 Å². The second-order valence-electron chi connectivity index (χ2n) is 2.65. The van der Waals surface area contributed by atoms with Crippen LogP contribution in [0.25, 0.3) is 0 Å². The molecule has 0 atom stereocenters. The lowest BCUT2D eigenvalue weighted by Gasteiger charge is -2.10. The molecule has 94 valence electrons. The molecule has 0 aromatic carbocycles. The predicted octanol–water partition coefficient (Wildman–Crippen LogP) is 2.83. The Morgan fingerprint density at radius 1 is 1.41 bits per heavy atom. The average molecular weight is 258 g/mol. The zero-order chi connectivity index (χ0) is 13.2. The van der Waals surface area contributed by atoms with Crippen LogP contribution in [0.5, 0.6) is 5.75 Å². The number of pyridine rings is 1. The molecular formula is C7H3F5N2O3. The standard InChI is InChI=1S/C7H3F5N2O3/c8-6(9)4-5(14(15)16)3(1-2-13-4)17-7(10,11)12/h1-2,6H. The Bertz CT molecular complexity index is 434.